The van der Waals surface area contributed by atoms with Gasteiger partial charge < -0.3 is 9.47 Å². The van der Waals surface area contributed by atoms with Crippen LogP contribution < -0.4 is 4.74 Å². The molecule has 0 spiro atoms. The SMILES string of the molecule is O=C1COC(=O)N1C1CCN(S(=O)(=O)c2ccc(OC(F)(F)F)cc2)CC1. The molecular weight excluding hydrogens is 393 g/mol. The molecule has 3 rings (SSSR count). The summed E-state index contributed by atoms with van der Waals surface area (Å²) < 4.78 is 71.3. The Morgan fingerprint density at radius 3 is 2.15 bits per heavy atom. The van der Waals surface area contributed by atoms with Crippen molar-refractivity contribution in [2.45, 2.75) is 30.1 Å². The monoisotopic (exact) mass is 408 g/mol. The predicted molar refractivity (Wildman–Crippen MR) is 83.1 cm³/mol. The summed E-state index contributed by atoms with van der Waals surface area (Å²) in [4.78, 5) is 24.1. The molecule has 0 N–H and O–H groups in total. The topological polar surface area (TPSA) is 93.2 Å². The Hall–Kier alpha value is -2.34. The summed E-state index contributed by atoms with van der Waals surface area (Å²) in [6.07, 6.45) is -5.11. The van der Waals surface area contributed by atoms with E-state index in [1.807, 2.05) is 0 Å². The highest BCUT2D eigenvalue weighted by molar-refractivity contribution is 7.89. The number of halogens is 3. The molecule has 8 nitrogen and oxygen atoms in total. The van der Waals surface area contributed by atoms with E-state index >= 15 is 0 Å². The van der Waals surface area contributed by atoms with Crippen molar-refractivity contribution in [3.63, 3.8) is 0 Å². The third-order valence-electron chi connectivity index (χ3n) is 4.27. The van der Waals surface area contributed by atoms with Crippen LogP contribution in [0, 0.1) is 0 Å². The van der Waals surface area contributed by atoms with E-state index in [4.69, 9.17) is 0 Å². The summed E-state index contributed by atoms with van der Waals surface area (Å²) in [5.74, 6) is -0.979. The molecule has 2 heterocycles. The zero-order valence-corrected chi connectivity index (χ0v) is 14.6. The highest BCUT2D eigenvalue weighted by Crippen LogP contribution is 2.28. The number of hydrogen-bond donors (Lipinski definition) is 0. The first-order valence-corrected chi connectivity index (χ1v) is 9.37. The second-order valence-corrected chi connectivity index (χ2v) is 7.91. The second kappa shape index (κ2) is 7.00. The Morgan fingerprint density at radius 2 is 1.67 bits per heavy atom. The van der Waals surface area contributed by atoms with Gasteiger partial charge in [-0.05, 0) is 37.1 Å². The zero-order chi connectivity index (χ0) is 19.8. The van der Waals surface area contributed by atoms with Crippen molar-refractivity contribution in [3.8, 4) is 5.75 Å². The minimum Gasteiger partial charge on any atom is -0.439 e. The van der Waals surface area contributed by atoms with Crippen LogP contribution in [0.1, 0.15) is 12.8 Å². The summed E-state index contributed by atoms with van der Waals surface area (Å²) >= 11 is 0. The molecule has 2 aliphatic rings. The third kappa shape index (κ3) is 4.16. The van der Waals surface area contributed by atoms with Gasteiger partial charge in [-0.3, -0.25) is 4.79 Å². The molecular formula is C15H15F3N2O6S. The minimum absolute atomic E-state index is 0.0604. The number of rotatable bonds is 4. The molecule has 0 bridgehead atoms. The first kappa shape index (κ1) is 19.4. The van der Waals surface area contributed by atoms with Crippen molar-refractivity contribution < 1.29 is 40.7 Å². The number of alkyl halides is 3. The first-order chi connectivity index (χ1) is 12.6. The lowest BCUT2D eigenvalue weighted by molar-refractivity contribution is -0.274. The van der Waals surface area contributed by atoms with Gasteiger partial charge in [0.1, 0.15) is 5.75 Å². The van der Waals surface area contributed by atoms with Crippen molar-refractivity contribution >= 4 is 22.0 Å². The van der Waals surface area contributed by atoms with Crippen LogP contribution in [0.5, 0.6) is 5.75 Å². The van der Waals surface area contributed by atoms with Gasteiger partial charge in [0.25, 0.3) is 5.91 Å². The molecule has 2 aliphatic heterocycles. The van der Waals surface area contributed by atoms with Crippen LogP contribution in [0.15, 0.2) is 29.2 Å². The summed E-state index contributed by atoms with van der Waals surface area (Å²) in [7, 11) is -3.92. The van der Waals surface area contributed by atoms with Crippen molar-refractivity contribution in [3.05, 3.63) is 24.3 Å². The number of ether oxygens (including phenoxy) is 2. The summed E-state index contributed by atoms with van der Waals surface area (Å²) in [5.41, 5.74) is 0. The van der Waals surface area contributed by atoms with E-state index in [0.29, 0.717) is 0 Å². The van der Waals surface area contributed by atoms with Gasteiger partial charge in [-0.25, -0.2) is 18.1 Å². The molecule has 0 atom stereocenters. The maximum absolute atomic E-state index is 12.6. The van der Waals surface area contributed by atoms with E-state index in [9.17, 15) is 31.2 Å². The summed E-state index contributed by atoms with van der Waals surface area (Å²) in [6.45, 7) is -0.195. The van der Waals surface area contributed by atoms with Crippen LogP contribution in [-0.4, -0.2) is 61.7 Å². The third-order valence-corrected chi connectivity index (χ3v) is 6.18. The van der Waals surface area contributed by atoms with Crippen molar-refractivity contribution in [1.29, 1.82) is 0 Å². The molecule has 0 unspecified atom stereocenters. The van der Waals surface area contributed by atoms with Crippen LogP contribution in [0.4, 0.5) is 18.0 Å². The Bertz CT molecular complexity index is 816. The number of amides is 2. The number of imide groups is 1. The fraction of sp³-hybridized carbons (Fsp3) is 0.467. The highest BCUT2D eigenvalue weighted by Gasteiger charge is 2.40. The molecule has 0 aliphatic carbocycles. The molecule has 0 aromatic heterocycles. The van der Waals surface area contributed by atoms with Crippen LogP contribution in [0.2, 0.25) is 0 Å². The van der Waals surface area contributed by atoms with Crippen LogP contribution in [0.3, 0.4) is 0 Å². The quantitative estimate of drug-likeness (QED) is 0.753. The van der Waals surface area contributed by atoms with Crippen LogP contribution >= 0.6 is 0 Å². The van der Waals surface area contributed by atoms with E-state index in [0.717, 1.165) is 33.5 Å². The Labute approximate surface area is 152 Å². The number of piperidine rings is 1. The predicted octanol–water partition coefficient (Wildman–Crippen LogP) is 1.72. The van der Waals surface area contributed by atoms with E-state index < -0.39 is 40.2 Å². The van der Waals surface area contributed by atoms with E-state index in [2.05, 4.69) is 9.47 Å². The number of carbonyl (C=O) groups excluding carboxylic acids is 2. The van der Waals surface area contributed by atoms with Crippen LogP contribution in [-0.2, 0) is 19.6 Å². The van der Waals surface area contributed by atoms with Gasteiger partial charge in [0.2, 0.25) is 10.0 Å². The average Bonchev–Trinajstić information content (AvgIpc) is 2.93. The molecule has 12 heteroatoms. The maximum Gasteiger partial charge on any atom is 0.573 e. The van der Waals surface area contributed by atoms with Crippen molar-refractivity contribution in [2.24, 2.45) is 0 Å². The number of sulfonamides is 1. The van der Waals surface area contributed by atoms with Gasteiger partial charge in [0.05, 0.1) is 4.90 Å². The van der Waals surface area contributed by atoms with Gasteiger partial charge in [0.15, 0.2) is 6.61 Å². The van der Waals surface area contributed by atoms with E-state index in [1.54, 1.807) is 0 Å². The second-order valence-electron chi connectivity index (χ2n) is 5.97. The fourth-order valence-corrected chi connectivity index (χ4v) is 4.49. The summed E-state index contributed by atoms with van der Waals surface area (Å²) in [5, 5.41) is 0. The Morgan fingerprint density at radius 1 is 1.07 bits per heavy atom. The molecule has 1 aromatic rings. The lowest BCUT2D eigenvalue weighted by Crippen LogP contribution is -2.48. The van der Waals surface area contributed by atoms with Crippen molar-refractivity contribution in [1.82, 2.24) is 9.21 Å². The average molecular weight is 408 g/mol. The molecule has 1 aromatic carbocycles. The standard InChI is InChI=1S/C15H15F3N2O6S/c16-15(17,18)26-11-1-3-12(4-2-11)27(23,24)19-7-5-10(6-8-19)20-13(21)9-25-14(20)22/h1-4,10H,5-9H2. The number of cyclic esters (lactones) is 1. The molecule has 0 radical (unpaired) electrons. The van der Waals surface area contributed by atoms with E-state index in [-0.39, 0.29) is 37.4 Å². The molecule has 27 heavy (non-hydrogen) atoms. The Kier molecular flexibility index (Phi) is 5.04. The van der Waals surface area contributed by atoms with E-state index in [1.165, 1.54) is 0 Å². The van der Waals surface area contributed by atoms with Crippen LogP contribution in [0.25, 0.3) is 0 Å². The molecule has 148 valence electrons. The van der Waals surface area contributed by atoms with Gasteiger partial charge in [-0.15, -0.1) is 13.2 Å². The lowest BCUT2D eigenvalue weighted by atomic mass is 10.1. The number of hydrogen-bond acceptors (Lipinski definition) is 6. The first-order valence-electron chi connectivity index (χ1n) is 7.93. The largest absolute Gasteiger partial charge is 0.573 e. The Balaban J connectivity index is 1.66. The van der Waals surface area contributed by atoms with Gasteiger partial charge in [-0.2, -0.15) is 4.31 Å². The van der Waals surface area contributed by atoms with Gasteiger partial charge >= 0.3 is 12.5 Å². The van der Waals surface area contributed by atoms with Gasteiger partial charge in [-0.1, -0.05) is 0 Å². The normalized spacial score (nSPS) is 20.0. The lowest BCUT2D eigenvalue weighted by Gasteiger charge is -2.33. The maximum atomic E-state index is 12.6. The van der Waals surface area contributed by atoms with Crippen molar-refractivity contribution in [2.75, 3.05) is 19.7 Å². The summed E-state index contributed by atoms with van der Waals surface area (Å²) in [6, 6.07) is 3.47. The van der Waals surface area contributed by atoms with Gasteiger partial charge in [0, 0.05) is 19.1 Å². The zero-order valence-electron chi connectivity index (χ0n) is 13.8. The molecule has 2 fully saturated rings. The smallest absolute Gasteiger partial charge is 0.439 e. The number of carbonyl (C=O) groups is 2. The molecule has 2 saturated heterocycles. The molecule has 0 saturated carbocycles. The number of benzene rings is 1. The fourth-order valence-electron chi connectivity index (χ4n) is 3.02. The minimum atomic E-state index is -4.86. The highest BCUT2D eigenvalue weighted by atomic mass is 32.2. The number of nitrogens with zero attached hydrogens (tertiary/aromatic N) is 2. The molecule has 2 amide bonds.